The van der Waals surface area contributed by atoms with Gasteiger partial charge in [0.25, 0.3) is 0 Å². The minimum atomic E-state index is -0.0547. The molecule has 2 rings (SSSR count). The van der Waals surface area contributed by atoms with E-state index < -0.39 is 0 Å². The Kier molecular flexibility index (Phi) is 4.18. The molecule has 92 valence electrons. The van der Waals surface area contributed by atoms with Crippen LogP contribution in [0.5, 0.6) is 0 Å². The van der Waals surface area contributed by atoms with Crippen molar-refractivity contribution >= 4 is 28.9 Å². The minimum absolute atomic E-state index is 0.0547. The molecule has 0 bridgehead atoms. The summed E-state index contributed by atoms with van der Waals surface area (Å²) >= 11 is 10.8. The van der Waals surface area contributed by atoms with Crippen molar-refractivity contribution in [3.8, 4) is 0 Å². The molecule has 0 amide bonds. The number of halogens is 1. The van der Waals surface area contributed by atoms with Gasteiger partial charge in [0.1, 0.15) is 0 Å². The molecule has 0 heterocycles. The monoisotopic (exact) mass is 276 g/mol. The van der Waals surface area contributed by atoms with E-state index in [1.807, 2.05) is 54.6 Å². The van der Waals surface area contributed by atoms with Gasteiger partial charge in [0.2, 0.25) is 0 Å². The van der Waals surface area contributed by atoms with Crippen LogP contribution in [0, 0.1) is 0 Å². The highest BCUT2D eigenvalue weighted by Crippen LogP contribution is 2.23. The van der Waals surface area contributed by atoms with Gasteiger partial charge in [-0.1, -0.05) is 54.1 Å². The summed E-state index contributed by atoms with van der Waals surface area (Å²) in [5.41, 5.74) is 7.76. The highest BCUT2D eigenvalue weighted by molar-refractivity contribution is 7.80. The lowest BCUT2D eigenvalue weighted by Crippen LogP contribution is -2.33. The smallest absolute Gasteiger partial charge is 0.164 e. The fraction of sp³-hybridized carbons (Fsp3) is 0.0714. The van der Waals surface area contributed by atoms with Gasteiger partial charge >= 0.3 is 0 Å². The number of thiocarbonyl (C=S) groups is 1. The number of nitrogens with one attached hydrogen (secondary N) is 1. The Morgan fingerprint density at radius 1 is 1.00 bits per heavy atom. The molecule has 4 heteroatoms. The predicted molar refractivity (Wildman–Crippen MR) is 79.7 cm³/mol. The summed E-state index contributed by atoms with van der Waals surface area (Å²) < 4.78 is 0. The van der Waals surface area contributed by atoms with Gasteiger partial charge in [-0.25, -0.2) is 0 Å². The average molecular weight is 277 g/mol. The molecule has 0 saturated carbocycles. The van der Waals surface area contributed by atoms with Crippen molar-refractivity contribution in [3.63, 3.8) is 0 Å². The first kappa shape index (κ1) is 12.9. The van der Waals surface area contributed by atoms with E-state index in [0.29, 0.717) is 5.02 Å². The summed E-state index contributed by atoms with van der Waals surface area (Å²) in [4.78, 5) is 0. The quantitative estimate of drug-likeness (QED) is 0.845. The second-order valence-corrected chi connectivity index (χ2v) is 4.78. The molecule has 18 heavy (non-hydrogen) atoms. The van der Waals surface area contributed by atoms with E-state index in [4.69, 9.17) is 29.6 Å². The van der Waals surface area contributed by atoms with Crippen molar-refractivity contribution in [3.05, 3.63) is 70.7 Å². The molecule has 0 radical (unpaired) electrons. The van der Waals surface area contributed by atoms with E-state index in [1.54, 1.807) is 0 Å². The van der Waals surface area contributed by atoms with E-state index in [0.717, 1.165) is 11.1 Å². The van der Waals surface area contributed by atoms with Crippen LogP contribution in [-0.2, 0) is 0 Å². The van der Waals surface area contributed by atoms with Gasteiger partial charge in [-0.15, -0.1) is 0 Å². The van der Waals surface area contributed by atoms with Crippen molar-refractivity contribution in [2.24, 2.45) is 5.73 Å². The van der Waals surface area contributed by atoms with Gasteiger partial charge in [-0.05, 0) is 35.5 Å². The van der Waals surface area contributed by atoms with Crippen molar-refractivity contribution in [2.45, 2.75) is 6.04 Å². The molecule has 0 aliphatic rings. The zero-order chi connectivity index (χ0) is 13.0. The number of nitrogens with two attached hydrogens (primary N) is 1. The molecule has 1 atom stereocenters. The van der Waals surface area contributed by atoms with Crippen LogP contribution < -0.4 is 11.1 Å². The number of hydrogen-bond donors (Lipinski definition) is 2. The van der Waals surface area contributed by atoms with Gasteiger partial charge in [0.15, 0.2) is 5.11 Å². The average Bonchev–Trinajstić information content (AvgIpc) is 2.38. The first-order valence-electron chi connectivity index (χ1n) is 5.53. The van der Waals surface area contributed by atoms with E-state index >= 15 is 0 Å². The van der Waals surface area contributed by atoms with E-state index in [2.05, 4.69) is 5.32 Å². The fourth-order valence-electron chi connectivity index (χ4n) is 1.80. The van der Waals surface area contributed by atoms with Crippen LogP contribution in [0.25, 0.3) is 0 Å². The summed E-state index contributed by atoms with van der Waals surface area (Å²) in [5, 5.41) is 4.08. The number of benzene rings is 2. The highest BCUT2D eigenvalue weighted by Gasteiger charge is 2.13. The Morgan fingerprint density at radius 3 is 2.11 bits per heavy atom. The Balaban J connectivity index is 2.36. The van der Waals surface area contributed by atoms with Gasteiger partial charge in [-0.3, -0.25) is 0 Å². The number of rotatable bonds is 3. The lowest BCUT2D eigenvalue weighted by molar-refractivity contribution is 0.765. The van der Waals surface area contributed by atoms with Crippen LogP contribution in [0.2, 0.25) is 5.02 Å². The first-order chi connectivity index (χ1) is 8.66. The van der Waals surface area contributed by atoms with Crippen LogP contribution in [0.4, 0.5) is 0 Å². The Morgan fingerprint density at radius 2 is 1.56 bits per heavy atom. The highest BCUT2D eigenvalue weighted by atomic mass is 35.5. The van der Waals surface area contributed by atoms with E-state index in [1.165, 1.54) is 0 Å². The Hall–Kier alpha value is -1.58. The lowest BCUT2D eigenvalue weighted by atomic mass is 9.99. The fourth-order valence-corrected chi connectivity index (χ4v) is 2.05. The normalized spacial score (nSPS) is 11.8. The molecular weight excluding hydrogens is 264 g/mol. The zero-order valence-electron chi connectivity index (χ0n) is 9.64. The third kappa shape index (κ3) is 3.22. The maximum Gasteiger partial charge on any atom is 0.164 e. The summed E-state index contributed by atoms with van der Waals surface area (Å²) in [5.74, 6) is 0. The molecule has 2 aromatic carbocycles. The molecule has 0 aliphatic heterocycles. The van der Waals surface area contributed by atoms with Gasteiger partial charge in [0, 0.05) is 5.02 Å². The Labute approximate surface area is 117 Å². The second kappa shape index (κ2) is 5.85. The summed E-state index contributed by atoms with van der Waals surface area (Å²) in [7, 11) is 0. The van der Waals surface area contributed by atoms with Crippen LogP contribution in [0.15, 0.2) is 54.6 Å². The van der Waals surface area contributed by atoms with Crippen LogP contribution >= 0.6 is 23.8 Å². The van der Waals surface area contributed by atoms with E-state index in [-0.39, 0.29) is 11.2 Å². The molecule has 0 saturated heterocycles. The molecular formula is C14H13ClN2S. The minimum Gasteiger partial charge on any atom is -0.376 e. The topological polar surface area (TPSA) is 38.0 Å². The predicted octanol–water partition coefficient (Wildman–Crippen LogP) is 3.26. The van der Waals surface area contributed by atoms with Crippen molar-refractivity contribution in [2.75, 3.05) is 0 Å². The largest absolute Gasteiger partial charge is 0.376 e. The summed E-state index contributed by atoms with van der Waals surface area (Å²) in [6.07, 6.45) is 0. The van der Waals surface area contributed by atoms with Crippen molar-refractivity contribution < 1.29 is 0 Å². The molecule has 0 fully saturated rings. The SMILES string of the molecule is NC(=S)NC(c1ccccc1)c1ccc(Cl)cc1. The molecule has 2 aromatic rings. The summed E-state index contributed by atoms with van der Waals surface area (Å²) in [6.45, 7) is 0. The summed E-state index contributed by atoms with van der Waals surface area (Å²) in [6, 6.07) is 17.6. The van der Waals surface area contributed by atoms with Gasteiger partial charge < -0.3 is 11.1 Å². The van der Waals surface area contributed by atoms with Crippen LogP contribution in [0.3, 0.4) is 0 Å². The molecule has 2 nitrogen and oxygen atoms in total. The lowest BCUT2D eigenvalue weighted by Gasteiger charge is -2.19. The van der Waals surface area contributed by atoms with Gasteiger partial charge in [0.05, 0.1) is 6.04 Å². The first-order valence-corrected chi connectivity index (χ1v) is 6.32. The zero-order valence-corrected chi connectivity index (χ0v) is 11.2. The third-order valence-corrected chi connectivity index (χ3v) is 2.99. The maximum absolute atomic E-state index is 5.90. The molecule has 0 aromatic heterocycles. The van der Waals surface area contributed by atoms with Crippen molar-refractivity contribution in [1.82, 2.24) is 5.32 Å². The molecule has 3 N–H and O–H groups in total. The van der Waals surface area contributed by atoms with Crippen LogP contribution in [-0.4, -0.2) is 5.11 Å². The second-order valence-electron chi connectivity index (χ2n) is 3.90. The maximum atomic E-state index is 5.90. The molecule has 1 unspecified atom stereocenters. The molecule has 0 spiro atoms. The molecule has 0 aliphatic carbocycles. The standard InChI is InChI=1S/C14H13ClN2S/c15-12-8-6-11(7-9-12)13(17-14(16)18)10-4-2-1-3-5-10/h1-9,13H,(H3,16,17,18). The third-order valence-electron chi connectivity index (χ3n) is 2.62. The van der Waals surface area contributed by atoms with E-state index in [9.17, 15) is 0 Å². The van der Waals surface area contributed by atoms with Gasteiger partial charge in [-0.2, -0.15) is 0 Å². The van der Waals surface area contributed by atoms with Crippen LogP contribution in [0.1, 0.15) is 17.2 Å². The number of hydrogen-bond acceptors (Lipinski definition) is 1. The van der Waals surface area contributed by atoms with Crippen molar-refractivity contribution in [1.29, 1.82) is 0 Å². The Bertz CT molecular complexity index is 525.